The number of hydrogen-bond donors (Lipinski definition) is 2. The molecule has 1 saturated heterocycles. The van der Waals surface area contributed by atoms with Crippen molar-refractivity contribution in [1.82, 2.24) is 10.2 Å². The number of aliphatic hydroxyl groups is 1. The van der Waals surface area contributed by atoms with Crippen LogP contribution in [0.25, 0.3) is 0 Å². The van der Waals surface area contributed by atoms with E-state index in [0.717, 1.165) is 54.0 Å². The van der Waals surface area contributed by atoms with Gasteiger partial charge in [0.25, 0.3) is 0 Å². The molecule has 3 nitrogen and oxygen atoms in total. The number of rotatable bonds is 5. The molecule has 0 saturated carbocycles. The average Bonchev–Trinajstić information content (AvgIpc) is 2.41. The third-order valence-corrected chi connectivity index (χ3v) is 4.72. The monoisotopic (exact) mass is 360 g/mol. The summed E-state index contributed by atoms with van der Waals surface area (Å²) in [5.41, 5.74) is 1.13. The smallest absolute Gasteiger partial charge is 0.0667 e. The third kappa shape index (κ3) is 4.43. The van der Waals surface area contributed by atoms with Crippen LogP contribution in [-0.4, -0.2) is 42.8 Å². The Hall–Kier alpha value is -0.130. The van der Waals surface area contributed by atoms with Gasteiger partial charge in [-0.25, -0.2) is 0 Å². The fourth-order valence-electron chi connectivity index (χ4n) is 2.79. The van der Waals surface area contributed by atoms with Crippen molar-refractivity contribution in [2.45, 2.75) is 31.4 Å². The molecule has 5 heteroatoms. The SMILES string of the molecule is CNC(CCN1CCCC(O)C1)c1ccc(Br)cc1Cl. The fourth-order valence-corrected chi connectivity index (χ4v) is 3.59. The largest absolute Gasteiger partial charge is 0.392 e. The molecule has 2 atom stereocenters. The lowest BCUT2D eigenvalue weighted by atomic mass is 10.0. The van der Waals surface area contributed by atoms with E-state index in [0.29, 0.717) is 0 Å². The summed E-state index contributed by atoms with van der Waals surface area (Å²) in [5, 5.41) is 13.8. The van der Waals surface area contributed by atoms with Crippen molar-refractivity contribution in [2.24, 2.45) is 0 Å². The Labute approximate surface area is 134 Å². The maximum Gasteiger partial charge on any atom is 0.0667 e. The van der Waals surface area contributed by atoms with Crippen LogP contribution < -0.4 is 5.32 Å². The molecular weight excluding hydrogens is 340 g/mol. The maximum atomic E-state index is 9.71. The lowest BCUT2D eigenvalue weighted by molar-refractivity contribution is 0.0687. The Balaban J connectivity index is 1.94. The van der Waals surface area contributed by atoms with Crippen LogP contribution in [0.5, 0.6) is 0 Å². The van der Waals surface area contributed by atoms with Gasteiger partial charge >= 0.3 is 0 Å². The minimum absolute atomic E-state index is 0.159. The molecule has 0 amide bonds. The number of aliphatic hydroxyl groups excluding tert-OH is 1. The van der Waals surface area contributed by atoms with Gasteiger partial charge in [-0.15, -0.1) is 0 Å². The summed E-state index contributed by atoms with van der Waals surface area (Å²) in [6.07, 6.45) is 2.85. The molecule has 2 N–H and O–H groups in total. The summed E-state index contributed by atoms with van der Waals surface area (Å²) < 4.78 is 1.00. The van der Waals surface area contributed by atoms with Gasteiger partial charge in [0.1, 0.15) is 0 Å². The number of benzene rings is 1. The van der Waals surface area contributed by atoms with Gasteiger partial charge in [-0.05, 0) is 50.6 Å². The Morgan fingerprint density at radius 1 is 1.55 bits per heavy atom. The van der Waals surface area contributed by atoms with Crippen LogP contribution in [0.4, 0.5) is 0 Å². The van der Waals surface area contributed by atoms with Crippen LogP contribution in [0.2, 0.25) is 5.02 Å². The van der Waals surface area contributed by atoms with Gasteiger partial charge in [0.2, 0.25) is 0 Å². The van der Waals surface area contributed by atoms with E-state index >= 15 is 0 Å². The summed E-state index contributed by atoms with van der Waals surface area (Å²) in [4.78, 5) is 2.34. The maximum absolute atomic E-state index is 9.71. The lowest BCUT2D eigenvalue weighted by Crippen LogP contribution is -2.39. The van der Waals surface area contributed by atoms with Gasteiger partial charge in [-0.1, -0.05) is 33.6 Å². The molecule has 0 bridgehead atoms. The molecule has 0 aromatic heterocycles. The topological polar surface area (TPSA) is 35.5 Å². The predicted octanol–water partition coefficient (Wildman–Crippen LogP) is 3.21. The quantitative estimate of drug-likeness (QED) is 0.845. The van der Waals surface area contributed by atoms with Crippen molar-refractivity contribution in [2.75, 3.05) is 26.7 Å². The first-order valence-electron chi connectivity index (χ1n) is 7.12. The van der Waals surface area contributed by atoms with E-state index in [2.05, 4.69) is 32.2 Å². The second kappa shape index (κ2) is 7.76. The molecule has 0 radical (unpaired) electrons. The van der Waals surface area contributed by atoms with E-state index in [1.165, 1.54) is 0 Å². The summed E-state index contributed by atoms with van der Waals surface area (Å²) in [7, 11) is 1.97. The van der Waals surface area contributed by atoms with Crippen molar-refractivity contribution < 1.29 is 5.11 Å². The van der Waals surface area contributed by atoms with E-state index in [1.807, 2.05) is 19.2 Å². The normalized spacial score (nSPS) is 21.9. The van der Waals surface area contributed by atoms with Crippen LogP contribution >= 0.6 is 27.5 Å². The molecule has 1 aliphatic rings. The summed E-state index contributed by atoms with van der Waals surface area (Å²) >= 11 is 9.76. The number of nitrogens with one attached hydrogen (secondary N) is 1. The van der Waals surface area contributed by atoms with Gasteiger partial charge < -0.3 is 15.3 Å². The second-order valence-electron chi connectivity index (χ2n) is 5.39. The molecule has 1 aromatic carbocycles. The highest BCUT2D eigenvalue weighted by molar-refractivity contribution is 9.10. The number of piperidine rings is 1. The summed E-state index contributed by atoms with van der Waals surface area (Å²) in [6.45, 7) is 2.86. The number of hydrogen-bond acceptors (Lipinski definition) is 3. The van der Waals surface area contributed by atoms with Gasteiger partial charge in [-0.3, -0.25) is 0 Å². The first-order chi connectivity index (χ1) is 9.60. The van der Waals surface area contributed by atoms with Crippen LogP contribution in [0.1, 0.15) is 30.9 Å². The minimum Gasteiger partial charge on any atom is -0.392 e. The highest BCUT2D eigenvalue weighted by atomic mass is 79.9. The molecule has 1 aliphatic heterocycles. The highest BCUT2D eigenvalue weighted by Gasteiger charge is 2.19. The van der Waals surface area contributed by atoms with Gasteiger partial charge in [0, 0.05) is 28.6 Å². The zero-order valence-corrected chi connectivity index (χ0v) is 14.1. The Morgan fingerprint density at radius 3 is 3.00 bits per heavy atom. The molecule has 1 aromatic rings. The zero-order valence-electron chi connectivity index (χ0n) is 11.8. The molecule has 0 spiro atoms. The van der Waals surface area contributed by atoms with E-state index in [-0.39, 0.29) is 12.1 Å². The van der Waals surface area contributed by atoms with Gasteiger partial charge in [-0.2, -0.15) is 0 Å². The summed E-state index contributed by atoms with van der Waals surface area (Å²) in [6, 6.07) is 6.27. The molecule has 1 heterocycles. The first kappa shape index (κ1) is 16.2. The van der Waals surface area contributed by atoms with Crippen molar-refractivity contribution in [3.05, 3.63) is 33.3 Å². The fraction of sp³-hybridized carbons (Fsp3) is 0.600. The summed E-state index contributed by atoms with van der Waals surface area (Å²) in [5.74, 6) is 0. The predicted molar refractivity (Wildman–Crippen MR) is 87.3 cm³/mol. The highest BCUT2D eigenvalue weighted by Crippen LogP contribution is 2.28. The molecule has 2 unspecified atom stereocenters. The molecular formula is C15H22BrClN2O. The minimum atomic E-state index is -0.159. The van der Waals surface area contributed by atoms with Gasteiger partial charge in [0.15, 0.2) is 0 Å². The third-order valence-electron chi connectivity index (χ3n) is 3.90. The first-order valence-corrected chi connectivity index (χ1v) is 8.30. The van der Waals surface area contributed by atoms with E-state index in [9.17, 15) is 5.11 Å². The van der Waals surface area contributed by atoms with Crippen molar-refractivity contribution in [3.8, 4) is 0 Å². The molecule has 0 aliphatic carbocycles. The Morgan fingerprint density at radius 2 is 2.35 bits per heavy atom. The van der Waals surface area contributed by atoms with Crippen LogP contribution in [-0.2, 0) is 0 Å². The standard InChI is InChI=1S/C15H22BrClN2O/c1-18-15(13-5-4-11(16)9-14(13)17)6-8-19-7-2-3-12(20)10-19/h4-5,9,12,15,18,20H,2-3,6-8,10H2,1H3. The van der Waals surface area contributed by atoms with Crippen LogP contribution in [0.3, 0.4) is 0 Å². The van der Waals surface area contributed by atoms with E-state index in [4.69, 9.17) is 11.6 Å². The number of nitrogens with zero attached hydrogens (tertiary/aromatic N) is 1. The number of halogens is 2. The van der Waals surface area contributed by atoms with Crippen LogP contribution in [0, 0.1) is 0 Å². The van der Waals surface area contributed by atoms with E-state index in [1.54, 1.807) is 0 Å². The van der Waals surface area contributed by atoms with E-state index < -0.39 is 0 Å². The van der Waals surface area contributed by atoms with Crippen molar-refractivity contribution in [3.63, 3.8) is 0 Å². The average molecular weight is 362 g/mol. The molecule has 112 valence electrons. The lowest BCUT2D eigenvalue weighted by Gasteiger charge is -2.31. The zero-order chi connectivity index (χ0) is 14.5. The van der Waals surface area contributed by atoms with Crippen LogP contribution in [0.15, 0.2) is 22.7 Å². The second-order valence-corrected chi connectivity index (χ2v) is 6.72. The molecule has 20 heavy (non-hydrogen) atoms. The number of β-amino-alcohol motifs (C(OH)–C–C–N with tert-alkyl or cyclic N) is 1. The van der Waals surface area contributed by atoms with Crippen molar-refractivity contribution >= 4 is 27.5 Å². The number of likely N-dealkylation sites (tertiary alicyclic amines) is 1. The Kier molecular flexibility index (Phi) is 6.30. The molecule has 1 fully saturated rings. The molecule has 2 rings (SSSR count). The Bertz CT molecular complexity index is 444. The van der Waals surface area contributed by atoms with Crippen molar-refractivity contribution in [1.29, 1.82) is 0 Å². The van der Waals surface area contributed by atoms with Gasteiger partial charge in [0.05, 0.1) is 6.10 Å².